The molecule has 1 saturated heterocycles. The Kier molecular flexibility index (Phi) is 3.94. The third-order valence-electron chi connectivity index (χ3n) is 2.27. The second-order valence-electron chi connectivity index (χ2n) is 3.20. The highest BCUT2D eigenvalue weighted by Crippen LogP contribution is 2.12. The molecule has 2 atom stereocenters. The van der Waals surface area contributed by atoms with Crippen LogP contribution in [0.25, 0.3) is 0 Å². The average molecular weight is 175 g/mol. The minimum Gasteiger partial charge on any atom is -0.395 e. The molecule has 0 amide bonds. The van der Waals surface area contributed by atoms with Crippen molar-refractivity contribution in [1.29, 1.82) is 0 Å². The number of hydrogen-bond donors (Lipinski definition) is 3. The van der Waals surface area contributed by atoms with Crippen LogP contribution in [0.5, 0.6) is 0 Å². The first-order valence-corrected chi connectivity index (χ1v) is 4.37. The van der Waals surface area contributed by atoms with Gasteiger partial charge in [-0.2, -0.15) is 0 Å². The SMILES string of the molecule is C[C@H]1OCC[C@H]1NC(CO)CO. The Hall–Kier alpha value is -0.160. The topological polar surface area (TPSA) is 61.7 Å². The van der Waals surface area contributed by atoms with E-state index in [-0.39, 0.29) is 31.4 Å². The maximum Gasteiger partial charge on any atom is 0.0700 e. The molecule has 1 heterocycles. The van der Waals surface area contributed by atoms with Gasteiger partial charge in [0.2, 0.25) is 0 Å². The van der Waals surface area contributed by atoms with Crippen LogP contribution in [0.2, 0.25) is 0 Å². The number of rotatable bonds is 4. The lowest BCUT2D eigenvalue weighted by Gasteiger charge is -2.21. The first kappa shape index (κ1) is 9.92. The molecule has 1 rings (SSSR count). The molecule has 0 spiro atoms. The quantitative estimate of drug-likeness (QED) is 0.518. The van der Waals surface area contributed by atoms with Gasteiger partial charge in [-0.1, -0.05) is 0 Å². The van der Waals surface area contributed by atoms with Crippen LogP contribution in [0.3, 0.4) is 0 Å². The summed E-state index contributed by atoms with van der Waals surface area (Å²) in [7, 11) is 0. The molecular formula is C8H17NO3. The molecule has 1 aliphatic rings. The second-order valence-corrected chi connectivity index (χ2v) is 3.20. The van der Waals surface area contributed by atoms with Crippen molar-refractivity contribution < 1.29 is 14.9 Å². The minimum atomic E-state index is -0.209. The summed E-state index contributed by atoms with van der Waals surface area (Å²) in [5, 5.41) is 20.8. The largest absolute Gasteiger partial charge is 0.395 e. The monoisotopic (exact) mass is 175 g/mol. The number of nitrogens with one attached hydrogen (secondary N) is 1. The molecule has 1 aliphatic heterocycles. The zero-order valence-electron chi connectivity index (χ0n) is 7.36. The van der Waals surface area contributed by atoms with Gasteiger partial charge in [0, 0.05) is 12.6 Å². The molecular weight excluding hydrogens is 158 g/mol. The fraction of sp³-hybridized carbons (Fsp3) is 1.00. The Bertz CT molecular complexity index is 127. The molecule has 12 heavy (non-hydrogen) atoms. The molecule has 0 aromatic carbocycles. The summed E-state index contributed by atoms with van der Waals surface area (Å²) >= 11 is 0. The fourth-order valence-corrected chi connectivity index (χ4v) is 1.42. The van der Waals surface area contributed by atoms with E-state index in [0.717, 1.165) is 13.0 Å². The minimum absolute atomic E-state index is 0.0281. The van der Waals surface area contributed by atoms with Gasteiger partial charge < -0.3 is 20.3 Å². The van der Waals surface area contributed by atoms with Gasteiger partial charge in [-0.15, -0.1) is 0 Å². The highest BCUT2D eigenvalue weighted by Gasteiger charge is 2.25. The number of ether oxygens (including phenoxy) is 1. The van der Waals surface area contributed by atoms with Crippen molar-refractivity contribution in [2.75, 3.05) is 19.8 Å². The van der Waals surface area contributed by atoms with Crippen LogP contribution in [-0.2, 0) is 4.74 Å². The first-order chi connectivity index (χ1) is 5.77. The average Bonchev–Trinajstić information content (AvgIpc) is 2.47. The smallest absolute Gasteiger partial charge is 0.0700 e. The van der Waals surface area contributed by atoms with Gasteiger partial charge in [-0.05, 0) is 13.3 Å². The maximum absolute atomic E-state index is 8.81. The summed E-state index contributed by atoms with van der Waals surface area (Å²) in [6, 6.07) is 0.0634. The van der Waals surface area contributed by atoms with Crippen LogP contribution in [0.15, 0.2) is 0 Å². The predicted octanol–water partition coefficient (Wildman–Crippen LogP) is -0.893. The molecule has 0 bridgehead atoms. The van der Waals surface area contributed by atoms with Crippen molar-refractivity contribution in [2.45, 2.75) is 31.5 Å². The van der Waals surface area contributed by atoms with Crippen molar-refractivity contribution in [3.8, 4) is 0 Å². The Morgan fingerprint density at radius 3 is 2.58 bits per heavy atom. The van der Waals surface area contributed by atoms with Crippen molar-refractivity contribution in [1.82, 2.24) is 5.32 Å². The maximum atomic E-state index is 8.81. The predicted molar refractivity (Wildman–Crippen MR) is 44.9 cm³/mol. The number of aliphatic hydroxyl groups is 2. The molecule has 0 saturated carbocycles. The molecule has 0 unspecified atom stereocenters. The van der Waals surface area contributed by atoms with Crippen molar-refractivity contribution >= 4 is 0 Å². The van der Waals surface area contributed by atoms with Gasteiger partial charge in [0.1, 0.15) is 0 Å². The molecule has 0 aromatic rings. The lowest BCUT2D eigenvalue weighted by molar-refractivity contribution is 0.100. The van der Waals surface area contributed by atoms with E-state index in [1.54, 1.807) is 0 Å². The highest BCUT2D eigenvalue weighted by atomic mass is 16.5. The molecule has 1 fully saturated rings. The van der Waals surface area contributed by atoms with E-state index >= 15 is 0 Å². The Morgan fingerprint density at radius 1 is 1.50 bits per heavy atom. The van der Waals surface area contributed by atoms with Crippen LogP contribution in [0, 0.1) is 0 Å². The van der Waals surface area contributed by atoms with Crippen LogP contribution in [-0.4, -0.2) is 48.2 Å². The number of aliphatic hydroxyl groups excluding tert-OH is 2. The summed E-state index contributed by atoms with van der Waals surface area (Å²) in [5.74, 6) is 0. The summed E-state index contributed by atoms with van der Waals surface area (Å²) in [6.07, 6.45) is 1.14. The van der Waals surface area contributed by atoms with Crippen LogP contribution in [0.1, 0.15) is 13.3 Å². The Morgan fingerprint density at radius 2 is 2.17 bits per heavy atom. The summed E-state index contributed by atoms with van der Waals surface area (Å²) < 4.78 is 5.33. The van der Waals surface area contributed by atoms with E-state index < -0.39 is 0 Å². The van der Waals surface area contributed by atoms with Crippen molar-refractivity contribution in [3.05, 3.63) is 0 Å². The lowest BCUT2D eigenvalue weighted by atomic mass is 10.1. The molecule has 4 nitrogen and oxygen atoms in total. The standard InChI is InChI=1S/C8H17NO3/c1-6-8(2-3-12-6)9-7(4-10)5-11/h6-11H,2-5H2,1H3/t6-,8-/m1/s1. The van der Waals surface area contributed by atoms with Gasteiger partial charge in [0.15, 0.2) is 0 Å². The third kappa shape index (κ3) is 2.42. The van der Waals surface area contributed by atoms with Crippen LogP contribution >= 0.6 is 0 Å². The fourth-order valence-electron chi connectivity index (χ4n) is 1.42. The third-order valence-corrected chi connectivity index (χ3v) is 2.27. The Labute approximate surface area is 72.5 Å². The molecule has 0 aliphatic carbocycles. The van der Waals surface area contributed by atoms with E-state index in [2.05, 4.69) is 5.32 Å². The van der Waals surface area contributed by atoms with E-state index in [0.29, 0.717) is 0 Å². The Balaban J connectivity index is 2.28. The van der Waals surface area contributed by atoms with Gasteiger partial charge >= 0.3 is 0 Å². The van der Waals surface area contributed by atoms with Gasteiger partial charge in [-0.3, -0.25) is 0 Å². The molecule has 72 valence electrons. The van der Waals surface area contributed by atoms with E-state index in [1.807, 2.05) is 6.92 Å². The van der Waals surface area contributed by atoms with E-state index in [9.17, 15) is 0 Å². The molecule has 0 radical (unpaired) electrons. The molecule has 0 aromatic heterocycles. The second kappa shape index (κ2) is 4.77. The first-order valence-electron chi connectivity index (χ1n) is 4.37. The zero-order chi connectivity index (χ0) is 8.97. The lowest BCUT2D eigenvalue weighted by Crippen LogP contribution is -2.45. The van der Waals surface area contributed by atoms with Gasteiger partial charge in [0.05, 0.1) is 25.4 Å². The van der Waals surface area contributed by atoms with Crippen LogP contribution in [0.4, 0.5) is 0 Å². The van der Waals surface area contributed by atoms with E-state index in [1.165, 1.54) is 0 Å². The van der Waals surface area contributed by atoms with Gasteiger partial charge in [0.25, 0.3) is 0 Å². The summed E-state index contributed by atoms with van der Waals surface area (Å²) in [4.78, 5) is 0. The van der Waals surface area contributed by atoms with E-state index in [4.69, 9.17) is 14.9 Å². The van der Waals surface area contributed by atoms with Crippen molar-refractivity contribution in [3.63, 3.8) is 0 Å². The van der Waals surface area contributed by atoms with Crippen LogP contribution < -0.4 is 5.32 Å². The highest BCUT2D eigenvalue weighted by molar-refractivity contribution is 4.82. The summed E-state index contributed by atoms with van der Waals surface area (Å²) in [6.45, 7) is 2.71. The van der Waals surface area contributed by atoms with Gasteiger partial charge in [-0.25, -0.2) is 0 Å². The molecule has 4 heteroatoms. The normalized spacial score (nSPS) is 30.0. The van der Waals surface area contributed by atoms with Crippen molar-refractivity contribution in [2.24, 2.45) is 0 Å². The zero-order valence-corrected chi connectivity index (χ0v) is 7.36. The number of hydrogen-bond acceptors (Lipinski definition) is 4. The molecule has 3 N–H and O–H groups in total. The summed E-state index contributed by atoms with van der Waals surface area (Å²) in [5.41, 5.74) is 0.